The Bertz CT molecular complexity index is 1030. The lowest BCUT2D eigenvalue weighted by atomic mass is 9.95. The number of benzene rings is 2. The molecule has 34 heavy (non-hydrogen) atoms. The summed E-state index contributed by atoms with van der Waals surface area (Å²) in [5, 5.41) is 8.78. The first kappa shape index (κ1) is 25.6. The summed E-state index contributed by atoms with van der Waals surface area (Å²) in [7, 11) is 0. The van der Waals surface area contributed by atoms with Crippen molar-refractivity contribution in [1.29, 1.82) is 0 Å². The Hall–Kier alpha value is -3.01. The van der Waals surface area contributed by atoms with Crippen molar-refractivity contribution >= 4 is 11.5 Å². The van der Waals surface area contributed by atoms with Crippen LogP contribution in [-0.4, -0.2) is 30.9 Å². The number of aliphatic carboxylic acids is 1. The van der Waals surface area contributed by atoms with Crippen LogP contribution in [0.4, 0.5) is 26.3 Å². The normalized spacial score (nSPS) is 14.9. The average molecular weight is 488 g/mol. The highest BCUT2D eigenvalue weighted by Crippen LogP contribution is 2.42. The third-order valence-corrected chi connectivity index (χ3v) is 5.44. The third kappa shape index (κ3) is 6.31. The first-order valence-corrected chi connectivity index (χ1v) is 10.4. The molecule has 0 atom stereocenters. The van der Waals surface area contributed by atoms with Gasteiger partial charge in [0.1, 0.15) is 12.4 Å². The lowest BCUT2D eigenvalue weighted by molar-refractivity contribution is -0.145. The van der Waals surface area contributed by atoms with Crippen LogP contribution in [0.15, 0.2) is 42.0 Å². The van der Waals surface area contributed by atoms with Gasteiger partial charge >= 0.3 is 18.3 Å². The van der Waals surface area contributed by atoms with E-state index < -0.39 is 53.6 Å². The van der Waals surface area contributed by atoms with E-state index in [4.69, 9.17) is 14.6 Å². The minimum atomic E-state index is -5.13. The predicted octanol–water partition coefficient (Wildman–Crippen LogP) is 6.30. The quantitative estimate of drug-likeness (QED) is 0.465. The molecule has 0 bridgehead atoms. The first-order valence-electron chi connectivity index (χ1n) is 10.4. The van der Waals surface area contributed by atoms with E-state index in [0.717, 1.165) is 16.7 Å². The van der Waals surface area contributed by atoms with Gasteiger partial charge in [-0.2, -0.15) is 26.3 Å². The zero-order chi connectivity index (χ0) is 25.1. The van der Waals surface area contributed by atoms with Crippen molar-refractivity contribution in [3.05, 3.63) is 69.8 Å². The van der Waals surface area contributed by atoms with Gasteiger partial charge in [0.2, 0.25) is 0 Å². The second-order valence-corrected chi connectivity index (χ2v) is 7.93. The molecule has 0 radical (unpaired) electrons. The van der Waals surface area contributed by atoms with Crippen LogP contribution in [0, 0.1) is 6.92 Å². The van der Waals surface area contributed by atoms with Crippen LogP contribution in [-0.2, 0) is 28.3 Å². The van der Waals surface area contributed by atoms with Crippen molar-refractivity contribution in [3.8, 4) is 5.75 Å². The number of carbonyl (C=O) groups is 1. The molecule has 0 aliphatic carbocycles. The highest BCUT2D eigenvalue weighted by Gasteiger charge is 2.41. The number of hydrogen-bond donors (Lipinski definition) is 1. The second kappa shape index (κ2) is 10.1. The van der Waals surface area contributed by atoms with Gasteiger partial charge in [0.05, 0.1) is 24.3 Å². The zero-order valence-electron chi connectivity index (χ0n) is 18.1. The van der Waals surface area contributed by atoms with E-state index in [1.807, 2.05) is 31.2 Å². The van der Waals surface area contributed by atoms with Crippen molar-refractivity contribution in [3.63, 3.8) is 0 Å². The van der Waals surface area contributed by atoms with Crippen molar-refractivity contribution in [2.24, 2.45) is 0 Å². The highest BCUT2D eigenvalue weighted by molar-refractivity contribution is 5.70. The lowest BCUT2D eigenvalue weighted by Gasteiger charge is -2.23. The maximum absolute atomic E-state index is 13.6. The Morgan fingerprint density at radius 3 is 2.15 bits per heavy atom. The molecule has 2 aromatic carbocycles. The Morgan fingerprint density at radius 2 is 1.62 bits per heavy atom. The minimum Gasteiger partial charge on any atom is -0.489 e. The van der Waals surface area contributed by atoms with Gasteiger partial charge in [0, 0.05) is 6.42 Å². The standard InChI is InChI=1S/C24H22F6O4/c1-14-2-4-15(5-3-14)18-8-9-33-12-16(18)13-34-17-10-20(23(25,26)27)19(6-7-22(31)32)21(11-17)24(28,29)30/h2-5,10-11H,6-9,12-13H2,1H3,(H,31,32). The largest absolute Gasteiger partial charge is 0.489 e. The fourth-order valence-corrected chi connectivity index (χ4v) is 3.77. The summed E-state index contributed by atoms with van der Waals surface area (Å²) in [6.45, 7) is 2.23. The van der Waals surface area contributed by atoms with Crippen LogP contribution in [0.3, 0.4) is 0 Å². The topological polar surface area (TPSA) is 55.8 Å². The number of aryl methyl sites for hydroxylation is 1. The molecule has 184 valence electrons. The number of ether oxygens (including phenoxy) is 2. The van der Waals surface area contributed by atoms with Gasteiger partial charge in [-0.05, 0) is 54.2 Å². The molecule has 0 spiro atoms. The molecule has 0 aromatic heterocycles. The number of alkyl halides is 6. The average Bonchev–Trinajstić information content (AvgIpc) is 2.75. The molecule has 2 aromatic rings. The van der Waals surface area contributed by atoms with Gasteiger partial charge in [-0.1, -0.05) is 29.8 Å². The maximum Gasteiger partial charge on any atom is 0.416 e. The number of carboxylic acid groups (broad SMARTS) is 1. The maximum atomic E-state index is 13.6. The summed E-state index contributed by atoms with van der Waals surface area (Å²) in [6.07, 6.45) is -11.5. The summed E-state index contributed by atoms with van der Waals surface area (Å²) in [5.74, 6) is -2.12. The predicted molar refractivity (Wildman–Crippen MR) is 111 cm³/mol. The Kier molecular flexibility index (Phi) is 7.60. The Labute approximate surface area is 191 Å². The first-order chi connectivity index (χ1) is 15.9. The molecule has 3 rings (SSSR count). The molecule has 1 aliphatic rings. The monoisotopic (exact) mass is 488 g/mol. The summed E-state index contributed by atoms with van der Waals surface area (Å²) < 4.78 is 92.6. The summed E-state index contributed by atoms with van der Waals surface area (Å²) >= 11 is 0. The summed E-state index contributed by atoms with van der Waals surface area (Å²) in [5.41, 5.74) is -0.837. The number of carboxylic acids is 1. The van der Waals surface area contributed by atoms with Crippen LogP contribution in [0.2, 0.25) is 0 Å². The smallest absolute Gasteiger partial charge is 0.416 e. The molecule has 4 nitrogen and oxygen atoms in total. The molecule has 1 N–H and O–H groups in total. The van der Waals surface area contributed by atoms with Crippen molar-refractivity contribution < 1.29 is 45.7 Å². The molecule has 0 fully saturated rings. The van der Waals surface area contributed by atoms with Crippen molar-refractivity contribution in [1.82, 2.24) is 0 Å². The molecule has 0 saturated heterocycles. The Balaban J connectivity index is 1.99. The van der Waals surface area contributed by atoms with E-state index in [2.05, 4.69) is 0 Å². The van der Waals surface area contributed by atoms with Gasteiger partial charge in [-0.15, -0.1) is 0 Å². The van der Waals surface area contributed by atoms with Gasteiger partial charge in [0.25, 0.3) is 0 Å². The lowest BCUT2D eigenvalue weighted by Crippen LogP contribution is -2.19. The number of halogens is 6. The second-order valence-electron chi connectivity index (χ2n) is 7.93. The summed E-state index contributed by atoms with van der Waals surface area (Å²) in [6, 6.07) is 8.55. The van der Waals surface area contributed by atoms with E-state index in [-0.39, 0.29) is 13.2 Å². The molecule has 0 unspecified atom stereocenters. The zero-order valence-corrected chi connectivity index (χ0v) is 18.1. The van der Waals surface area contributed by atoms with Gasteiger partial charge in [0.15, 0.2) is 0 Å². The molecule has 1 heterocycles. The van der Waals surface area contributed by atoms with Crippen molar-refractivity contribution in [2.45, 2.75) is 38.5 Å². The van der Waals surface area contributed by atoms with E-state index in [9.17, 15) is 31.1 Å². The van der Waals surface area contributed by atoms with E-state index >= 15 is 0 Å². The number of rotatable bonds is 7. The third-order valence-electron chi connectivity index (χ3n) is 5.44. The highest BCUT2D eigenvalue weighted by atomic mass is 19.4. The van der Waals surface area contributed by atoms with Crippen LogP contribution < -0.4 is 4.74 Å². The molecule has 10 heteroatoms. The van der Waals surface area contributed by atoms with Gasteiger partial charge in [-0.3, -0.25) is 4.79 Å². The number of hydrogen-bond acceptors (Lipinski definition) is 3. The van der Waals surface area contributed by atoms with Crippen LogP contribution in [0.1, 0.15) is 40.7 Å². The summed E-state index contributed by atoms with van der Waals surface area (Å²) in [4.78, 5) is 10.8. The molecular formula is C24H22F6O4. The van der Waals surface area contributed by atoms with E-state index in [0.29, 0.717) is 30.7 Å². The fourth-order valence-electron chi connectivity index (χ4n) is 3.77. The molecule has 0 saturated carbocycles. The van der Waals surface area contributed by atoms with Crippen LogP contribution >= 0.6 is 0 Å². The Morgan fingerprint density at radius 1 is 1.03 bits per heavy atom. The molecule has 1 aliphatic heterocycles. The van der Waals surface area contributed by atoms with E-state index in [1.54, 1.807) is 0 Å². The van der Waals surface area contributed by atoms with Gasteiger partial charge in [-0.25, -0.2) is 0 Å². The van der Waals surface area contributed by atoms with Crippen LogP contribution in [0.25, 0.3) is 5.57 Å². The molecule has 0 amide bonds. The SMILES string of the molecule is Cc1ccc(C2=C(COc3cc(C(F)(F)F)c(CCC(=O)O)c(C(F)(F)F)c3)COCC2)cc1. The van der Waals surface area contributed by atoms with Gasteiger partial charge < -0.3 is 14.6 Å². The van der Waals surface area contributed by atoms with Crippen LogP contribution in [0.5, 0.6) is 5.75 Å². The fraction of sp³-hybridized carbons (Fsp3) is 0.375. The minimum absolute atomic E-state index is 0.137. The van der Waals surface area contributed by atoms with E-state index in [1.165, 1.54) is 0 Å². The van der Waals surface area contributed by atoms with Crippen molar-refractivity contribution in [2.75, 3.05) is 19.8 Å². The molecular weight excluding hydrogens is 466 g/mol.